The van der Waals surface area contributed by atoms with E-state index < -0.39 is 6.10 Å². The fourth-order valence-electron chi connectivity index (χ4n) is 9.53. The molecule has 0 aromatic rings. The van der Waals surface area contributed by atoms with E-state index in [0.717, 1.165) is 96.3 Å². The smallest absolute Gasteiger partial charge is 0.306 e. The third-order valence-electron chi connectivity index (χ3n) is 14.4. The standard InChI is InChI=1S/C70H124O6/c1-4-7-10-13-16-19-22-25-27-29-31-33-34-35-36-38-39-41-43-45-48-51-54-57-60-63-69(72)75-66-67(65-74-68(71)62-59-56-53-50-47-24-21-18-15-12-9-6-3)76-70(73)64-61-58-55-52-49-46-44-42-40-37-32-30-28-26-23-20-17-14-11-8-5-2/h7,10,16,19,25,27,30-33,35-36,67H,4-6,8-9,11-15,17-18,20-24,26,28-29,34,37-66H2,1-3H3/b10-7-,19-16-,27-25-,32-30-,33-31-,36-35-. The SMILES string of the molecule is CC/C=C\C/C=C\C/C=C\C/C=C\C/C=C\CCCCCCCCCCCC(=O)OCC(COC(=O)CCCCCCCCCCCCCC)OC(=O)CCCCCCCCCCC/C=C\CCCCCCCCCC. The molecular weight excluding hydrogens is 937 g/mol. The molecular formula is C70H124O6. The van der Waals surface area contributed by atoms with Crippen molar-refractivity contribution in [1.82, 2.24) is 0 Å². The molecule has 0 aliphatic carbocycles. The molecule has 0 N–H and O–H groups in total. The van der Waals surface area contributed by atoms with Gasteiger partial charge in [0.2, 0.25) is 0 Å². The minimum absolute atomic E-state index is 0.0743. The molecule has 0 saturated carbocycles. The van der Waals surface area contributed by atoms with Crippen LogP contribution in [0, 0.1) is 0 Å². The lowest BCUT2D eigenvalue weighted by atomic mass is 10.0. The maximum absolute atomic E-state index is 12.9. The van der Waals surface area contributed by atoms with E-state index in [1.807, 2.05) is 0 Å². The van der Waals surface area contributed by atoms with Crippen LogP contribution in [-0.4, -0.2) is 37.2 Å². The Morgan fingerprint density at radius 1 is 0.276 bits per heavy atom. The van der Waals surface area contributed by atoms with Crippen LogP contribution in [0.5, 0.6) is 0 Å². The van der Waals surface area contributed by atoms with Gasteiger partial charge in [-0.05, 0) is 89.9 Å². The van der Waals surface area contributed by atoms with Crippen molar-refractivity contribution in [2.45, 2.75) is 341 Å². The molecule has 0 bridgehead atoms. The fourth-order valence-corrected chi connectivity index (χ4v) is 9.53. The predicted molar refractivity (Wildman–Crippen MR) is 330 cm³/mol. The topological polar surface area (TPSA) is 78.9 Å². The predicted octanol–water partition coefficient (Wildman–Crippen LogP) is 22.5. The number of rotatable bonds is 60. The van der Waals surface area contributed by atoms with Gasteiger partial charge in [-0.3, -0.25) is 14.4 Å². The monoisotopic (exact) mass is 1060 g/mol. The Hall–Kier alpha value is -3.15. The molecule has 0 rings (SSSR count). The van der Waals surface area contributed by atoms with Crippen LogP contribution in [0.1, 0.15) is 335 Å². The lowest BCUT2D eigenvalue weighted by Gasteiger charge is -2.18. The number of carbonyl (C=O) groups is 3. The Balaban J connectivity index is 4.29. The van der Waals surface area contributed by atoms with E-state index in [4.69, 9.17) is 14.2 Å². The van der Waals surface area contributed by atoms with Gasteiger partial charge in [-0.25, -0.2) is 0 Å². The normalized spacial score (nSPS) is 12.5. The average molecular weight is 1060 g/mol. The van der Waals surface area contributed by atoms with Crippen molar-refractivity contribution >= 4 is 17.9 Å². The highest BCUT2D eigenvalue weighted by atomic mass is 16.6. The van der Waals surface area contributed by atoms with E-state index in [1.54, 1.807) is 0 Å². The van der Waals surface area contributed by atoms with Crippen LogP contribution in [0.25, 0.3) is 0 Å². The molecule has 1 unspecified atom stereocenters. The summed E-state index contributed by atoms with van der Waals surface area (Å²) in [6.07, 6.45) is 83.4. The molecule has 0 aromatic heterocycles. The third-order valence-corrected chi connectivity index (χ3v) is 14.4. The summed E-state index contributed by atoms with van der Waals surface area (Å²) < 4.78 is 16.9. The summed E-state index contributed by atoms with van der Waals surface area (Å²) in [7, 11) is 0. The van der Waals surface area contributed by atoms with Crippen molar-refractivity contribution < 1.29 is 28.6 Å². The second-order valence-corrected chi connectivity index (χ2v) is 22.0. The molecule has 440 valence electrons. The summed E-state index contributed by atoms with van der Waals surface area (Å²) in [6, 6.07) is 0. The number of esters is 3. The van der Waals surface area contributed by atoms with Gasteiger partial charge in [-0.15, -0.1) is 0 Å². The third kappa shape index (κ3) is 61.7. The largest absolute Gasteiger partial charge is 0.462 e. The van der Waals surface area contributed by atoms with Gasteiger partial charge in [0.15, 0.2) is 6.10 Å². The van der Waals surface area contributed by atoms with E-state index in [-0.39, 0.29) is 31.1 Å². The fraction of sp³-hybridized carbons (Fsp3) is 0.786. The summed E-state index contributed by atoms with van der Waals surface area (Å²) in [6.45, 7) is 6.56. The van der Waals surface area contributed by atoms with Gasteiger partial charge in [0, 0.05) is 19.3 Å². The van der Waals surface area contributed by atoms with Crippen LogP contribution >= 0.6 is 0 Å². The Morgan fingerprint density at radius 3 is 0.816 bits per heavy atom. The second-order valence-electron chi connectivity index (χ2n) is 22.0. The van der Waals surface area contributed by atoms with Crippen LogP contribution in [0.15, 0.2) is 72.9 Å². The molecule has 0 amide bonds. The minimum atomic E-state index is -0.778. The highest BCUT2D eigenvalue weighted by Gasteiger charge is 2.19. The van der Waals surface area contributed by atoms with Gasteiger partial charge in [-0.1, -0.05) is 299 Å². The first-order chi connectivity index (χ1) is 37.5. The zero-order chi connectivity index (χ0) is 55.0. The summed E-state index contributed by atoms with van der Waals surface area (Å²) >= 11 is 0. The van der Waals surface area contributed by atoms with Crippen LogP contribution in [0.4, 0.5) is 0 Å². The van der Waals surface area contributed by atoms with Crippen molar-refractivity contribution in [3.05, 3.63) is 72.9 Å². The van der Waals surface area contributed by atoms with Gasteiger partial charge >= 0.3 is 17.9 Å². The van der Waals surface area contributed by atoms with E-state index in [1.165, 1.54) is 199 Å². The molecule has 0 heterocycles. The van der Waals surface area contributed by atoms with Crippen molar-refractivity contribution in [3.8, 4) is 0 Å². The zero-order valence-corrected chi connectivity index (χ0v) is 50.5. The summed E-state index contributed by atoms with van der Waals surface area (Å²) in [4.78, 5) is 38.3. The van der Waals surface area contributed by atoms with Crippen molar-refractivity contribution in [3.63, 3.8) is 0 Å². The molecule has 0 spiro atoms. The number of hydrogen-bond donors (Lipinski definition) is 0. The molecule has 76 heavy (non-hydrogen) atoms. The maximum Gasteiger partial charge on any atom is 0.306 e. The highest BCUT2D eigenvalue weighted by molar-refractivity contribution is 5.71. The van der Waals surface area contributed by atoms with Gasteiger partial charge in [-0.2, -0.15) is 0 Å². The molecule has 1 atom stereocenters. The molecule has 0 aliphatic heterocycles. The molecule has 6 heteroatoms. The number of ether oxygens (including phenoxy) is 3. The van der Waals surface area contributed by atoms with Crippen LogP contribution < -0.4 is 0 Å². The number of allylic oxidation sites excluding steroid dienone is 12. The summed E-state index contributed by atoms with van der Waals surface area (Å²) in [5.41, 5.74) is 0. The molecule has 6 nitrogen and oxygen atoms in total. The van der Waals surface area contributed by atoms with Crippen molar-refractivity contribution in [2.75, 3.05) is 13.2 Å². The number of unbranched alkanes of at least 4 members (excludes halogenated alkanes) is 37. The molecule has 0 saturated heterocycles. The van der Waals surface area contributed by atoms with Crippen LogP contribution in [0.2, 0.25) is 0 Å². The van der Waals surface area contributed by atoms with E-state index in [2.05, 4.69) is 93.7 Å². The molecule has 0 aliphatic rings. The lowest BCUT2D eigenvalue weighted by Crippen LogP contribution is -2.30. The van der Waals surface area contributed by atoms with Gasteiger partial charge in [0.1, 0.15) is 13.2 Å². The summed E-state index contributed by atoms with van der Waals surface area (Å²) in [5.74, 6) is -0.866. The van der Waals surface area contributed by atoms with Crippen LogP contribution in [0.3, 0.4) is 0 Å². The van der Waals surface area contributed by atoms with Crippen LogP contribution in [-0.2, 0) is 28.6 Å². The highest BCUT2D eigenvalue weighted by Crippen LogP contribution is 2.17. The van der Waals surface area contributed by atoms with Gasteiger partial charge in [0.05, 0.1) is 0 Å². The molecule has 0 radical (unpaired) electrons. The first-order valence-corrected chi connectivity index (χ1v) is 32.9. The summed E-state index contributed by atoms with van der Waals surface area (Å²) in [5, 5.41) is 0. The Bertz CT molecular complexity index is 1400. The zero-order valence-electron chi connectivity index (χ0n) is 50.5. The van der Waals surface area contributed by atoms with Crippen molar-refractivity contribution in [2.24, 2.45) is 0 Å². The second kappa shape index (κ2) is 64.4. The minimum Gasteiger partial charge on any atom is -0.462 e. The lowest BCUT2D eigenvalue weighted by molar-refractivity contribution is -0.167. The van der Waals surface area contributed by atoms with Gasteiger partial charge < -0.3 is 14.2 Å². The number of hydrogen-bond acceptors (Lipinski definition) is 6. The van der Waals surface area contributed by atoms with E-state index >= 15 is 0 Å². The molecule has 0 fully saturated rings. The maximum atomic E-state index is 12.9. The number of carbonyl (C=O) groups excluding carboxylic acids is 3. The Morgan fingerprint density at radius 2 is 0.513 bits per heavy atom. The van der Waals surface area contributed by atoms with E-state index in [0.29, 0.717) is 19.3 Å². The average Bonchev–Trinajstić information content (AvgIpc) is 3.42. The van der Waals surface area contributed by atoms with Crippen molar-refractivity contribution in [1.29, 1.82) is 0 Å². The van der Waals surface area contributed by atoms with Gasteiger partial charge in [0.25, 0.3) is 0 Å². The first-order valence-electron chi connectivity index (χ1n) is 32.9. The first kappa shape index (κ1) is 72.8. The Labute approximate surface area is 472 Å². The quantitative estimate of drug-likeness (QED) is 0.0261. The molecule has 0 aromatic carbocycles. The Kier molecular flexibility index (Phi) is 61.7. The van der Waals surface area contributed by atoms with E-state index in [9.17, 15) is 14.4 Å².